The van der Waals surface area contributed by atoms with Crippen molar-refractivity contribution in [1.82, 2.24) is 0 Å². The van der Waals surface area contributed by atoms with Gasteiger partial charge in [-0.1, -0.05) is 41.0 Å². The summed E-state index contributed by atoms with van der Waals surface area (Å²) in [5.41, 5.74) is 0.460. The molecule has 0 saturated heterocycles. The van der Waals surface area contributed by atoms with Crippen LogP contribution in [0.2, 0.25) is 0 Å². The van der Waals surface area contributed by atoms with E-state index in [0.29, 0.717) is 41.4 Å². The molecule has 0 aromatic rings. The van der Waals surface area contributed by atoms with E-state index in [9.17, 15) is 20.1 Å². The van der Waals surface area contributed by atoms with Gasteiger partial charge in [0.25, 0.3) is 0 Å². The minimum atomic E-state index is -0.679. The van der Waals surface area contributed by atoms with Gasteiger partial charge in [-0.05, 0) is 104 Å². The normalized spacial score (nSPS) is 51.3. The quantitative estimate of drug-likeness (QED) is 0.544. The molecule has 0 aliphatic heterocycles. The van der Waals surface area contributed by atoms with E-state index < -0.39 is 5.97 Å². The number of fused-ring (bicyclic) bond motifs is 5. The van der Waals surface area contributed by atoms with Crippen molar-refractivity contribution in [3.8, 4) is 0 Å². The Hall–Kier alpha value is -0.610. The topological polar surface area (TPSA) is 77.8 Å². The first-order valence-electron chi connectivity index (χ1n) is 13.1. The molecule has 0 amide bonds. The van der Waals surface area contributed by atoms with E-state index in [0.717, 1.165) is 32.1 Å². The highest BCUT2D eigenvalue weighted by Crippen LogP contribution is 2.69. The maximum absolute atomic E-state index is 11.7. The van der Waals surface area contributed by atoms with Crippen molar-refractivity contribution < 1.29 is 20.1 Å². The molecule has 12 atom stereocenters. The summed E-state index contributed by atoms with van der Waals surface area (Å²) in [6.07, 6.45) is 8.95. The third-order valence-corrected chi connectivity index (χ3v) is 11.3. The van der Waals surface area contributed by atoms with Gasteiger partial charge in [-0.2, -0.15) is 0 Å². The Morgan fingerprint density at radius 1 is 0.968 bits per heavy atom. The van der Waals surface area contributed by atoms with Crippen LogP contribution in [0.25, 0.3) is 0 Å². The second-order valence-corrected chi connectivity index (χ2v) is 12.6. The lowest BCUT2D eigenvalue weighted by Gasteiger charge is -2.64. The lowest BCUT2D eigenvalue weighted by Crippen LogP contribution is -2.62. The highest BCUT2D eigenvalue weighted by molar-refractivity contribution is 5.69. The Balaban J connectivity index is 1.61. The second kappa shape index (κ2) is 8.31. The van der Waals surface area contributed by atoms with Gasteiger partial charge in [0.15, 0.2) is 0 Å². The molecular weight excluding hydrogens is 388 g/mol. The third kappa shape index (κ3) is 3.59. The van der Waals surface area contributed by atoms with E-state index in [-0.39, 0.29) is 29.0 Å². The number of aliphatic hydroxyl groups is 2. The van der Waals surface area contributed by atoms with Crippen LogP contribution in [0.15, 0.2) is 0 Å². The largest absolute Gasteiger partial charge is 0.481 e. The van der Waals surface area contributed by atoms with Crippen molar-refractivity contribution in [2.45, 2.75) is 105 Å². The van der Waals surface area contributed by atoms with Crippen molar-refractivity contribution in [3.05, 3.63) is 0 Å². The van der Waals surface area contributed by atoms with E-state index in [1.54, 1.807) is 0 Å². The number of aliphatic carboxylic acids is 1. The van der Waals surface area contributed by atoms with Crippen LogP contribution in [0.3, 0.4) is 0 Å². The average molecular weight is 435 g/mol. The second-order valence-electron chi connectivity index (χ2n) is 12.6. The molecule has 4 saturated carbocycles. The van der Waals surface area contributed by atoms with Crippen LogP contribution >= 0.6 is 0 Å². The lowest BCUT2D eigenvalue weighted by atomic mass is 9.41. The van der Waals surface area contributed by atoms with Crippen LogP contribution < -0.4 is 0 Å². The molecule has 4 fully saturated rings. The fourth-order valence-electron chi connectivity index (χ4n) is 9.76. The van der Waals surface area contributed by atoms with Gasteiger partial charge >= 0.3 is 5.97 Å². The zero-order valence-electron chi connectivity index (χ0n) is 20.4. The average Bonchev–Trinajstić information content (AvgIpc) is 3.06. The zero-order valence-corrected chi connectivity index (χ0v) is 20.4. The van der Waals surface area contributed by atoms with Crippen molar-refractivity contribution in [2.24, 2.45) is 58.2 Å². The van der Waals surface area contributed by atoms with Crippen LogP contribution in [-0.4, -0.2) is 33.5 Å². The van der Waals surface area contributed by atoms with E-state index >= 15 is 0 Å². The number of rotatable bonds is 5. The van der Waals surface area contributed by atoms with Gasteiger partial charge < -0.3 is 15.3 Å². The Bertz CT molecular complexity index is 678. The van der Waals surface area contributed by atoms with Gasteiger partial charge in [0, 0.05) is 0 Å². The maximum atomic E-state index is 11.7. The van der Waals surface area contributed by atoms with Gasteiger partial charge in [0.2, 0.25) is 0 Å². The van der Waals surface area contributed by atoms with Gasteiger partial charge in [-0.15, -0.1) is 0 Å². The van der Waals surface area contributed by atoms with Gasteiger partial charge in [0.05, 0.1) is 18.1 Å². The number of hydrogen-bond acceptors (Lipinski definition) is 3. The SMILES string of the molecule is CC[C@H]1[C@@H](O)[C@@H]2[C@H](CC[C@]3(C)[C@@H]([C@H](C)CC(C)C(=O)O)CC[C@@H]23)[C@@]2(C)CC[C@@H](O)C[C@@H]12. The number of carboxylic acid groups (broad SMARTS) is 1. The fourth-order valence-corrected chi connectivity index (χ4v) is 9.76. The molecule has 0 radical (unpaired) electrons. The standard InChI is InChI=1S/C27H46O4/c1-6-18-22-14-17(28)9-11-27(22,5)21-10-12-26(4)19(15(2)13-16(3)25(30)31)7-8-20(26)23(21)24(18)29/h15-24,28-29H,6-14H2,1-5H3,(H,30,31)/t15-,16?,17-,18-,19-,20+,21+,22+,23+,24-,26-,27-/m1/s1. The van der Waals surface area contributed by atoms with E-state index in [4.69, 9.17) is 0 Å². The monoisotopic (exact) mass is 434 g/mol. The van der Waals surface area contributed by atoms with Gasteiger partial charge in [0.1, 0.15) is 0 Å². The Labute approximate surface area is 189 Å². The smallest absolute Gasteiger partial charge is 0.306 e. The summed E-state index contributed by atoms with van der Waals surface area (Å²) < 4.78 is 0. The number of carboxylic acids is 1. The predicted octanol–water partition coefficient (Wildman–Crippen LogP) is 5.36. The lowest BCUT2D eigenvalue weighted by molar-refractivity contribution is -0.203. The Morgan fingerprint density at radius 3 is 2.26 bits per heavy atom. The van der Waals surface area contributed by atoms with E-state index in [1.165, 1.54) is 25.7 Å². The van der Waals surface area contributed by atoms with Crippen LogP contribution in [0.1, 0.15) is 92.4 Å². The first-order chi connectivity index (χ1) is 14.5. The molecule has 0 aromatic carbocycles. The molecule has 0 bridgehead atoms. The molecule has 0 spiro atoms. The fraction of sp³-hybridized carbons (Fsp3) is 0.963. The predicted molar refractivity (Wildman–Crippen MR) is 122 cm³/mol. The van der Waals surface area contributed by atoms with Crippen LogP contribution in [0, 0.1) is 58.2 Å². The van der Waals surface area contributed by atoms with Crippen LogP contribution in [0.4, 0.5) is 0 Å². The molecule has 4 rings (SSSR count). The van der Waals surface area contributed by atoms with Crippen LogP contribution in [-0.2, 0) is 4.79 Å². The highest BCUT2D eigenvalue weighted by atomic mass is 16.4. The third-order valence-electron chi connectivity index (χ3n) is 11.3. The Morgan fingerprint density at radius 2 is 1.61 bits per heavy atom. The molecule has 0 heterocycles. The van der Waals surface area contributed by atoms with Crippen molar-refractivity contribution >= 4 is 5.97 Å². The summed E-state index contributed by atoms with van der Waals surface area (Å²) in [5.74, 6) is 2.23. The van der Waals surface area contributed by atoms with E-state index in [1.807, 2.05) is 6.92 Å². The van der Waals surface area contributed by atoms with Crippen LogP contribution in [0.5, 0.6) is 0 Å². The molecular formula is C27H46O4. The molecule has 1 unspecified atom stereocenters. The summed E-state index contributed by atoms with van der Waals surface area (Å²) >= 11 is 0. The first kappa shape index (κ1) is 23.5. The van der Waals surface area contributed by atoms with Crippen molar-refractivity contribution in [2.75, 3.05) is 0 Å². The molecule has 4 aliphatic carbocycles. The molecule has 3 N–H and O–H groups in total. The minimum absolute atomic E-state index is 0.197. The minimum Gasteiger partial charge on any atom is -0.481 e. The molecule has 178 valence electrons. The number of carbonyl (C=O) groups is 1. The molecule has 4 aliphatic rings. The van der Waals surface area contributed by atoms with Gasteiger partial charge in [-0.3, -0.25) is 4.79 Å². The van der Waals surface area contributed by atoms with Gasteiger partial charge in [-0.25, -0.2) is 0 Å². The summed E-state index contributed by atoms with van der Waals surface area (Å²) in [6, 6.07) is 0. The molecule has 4 heteroatoms. The van der Waals surface area contributed by atoms with E-state index in [2.05, 4.69) is 27.7 Å². The summed E-state index contributed by atoms with van der Waals surface area (Å²) in [6.45, 7) is 11.3. The molecule has 31 heavy (non-hydrogen) atoms. The van der Waals surface area contributed by atoms with Crippen molar-refractivity contribution in [3.63, 3.8) is 0 Å². The molecule has 4 nitrogen and oxygen atoms in total. The first-order valence-corrected chi connectivity index (χ1v) is 13.1. The van der Waals surface area contributed by atoms with Crippen molar-refractivity contribution in [1.29, 1.82) is 0 Å². The number of hydrogen-bond donors (Lipinski definition) is 3. The summed E-state index contributed by atoms with van der Waals surface area (Å²) in [7, 11) is 0. The molecule has 0 aromatic heterocycles. The maximum Gasteiger partial charge on any atom is 0.306 e. The Kier molecular flexibility index (Phi) is 6.31. The summed E-state index contributed by atoms with van der Waals surface area (Å²) in [4.78, 5) is 11.5. The zero-order chi connectivity index (χ0) is 22.7. The summed E-state index contributed by atoms with van der Waals surface area (Å²) in [5, 5.41) is 31.6. The highest BCUT2D eigenvalue weighted by Gasteiger charge is 2.64. The number of aliphatic hydroxyl groups excluding tert-OH is 2.